The molecular formula is C20H21ClN2O2S2. The lowest BCUT2D eigenvalue weighted by atomic mass is 10.2. The van der Waals surface area contributed by atoms with Gasteiger partial charge in [0.05, 0.1) is 16.7 Å². The summed E-state index contributed by atoms with van der Waals surface area (Å²) in [4.78, 5) is 12.1. The largest absolute Gasteiger partial charge is 0.488 e. The molecule has 0 bridgehead atoms. The van der Waals surface area contributed by atoms with Gasteiger partial charge >= 0.3 is 0 Å². The Morgan fingerprint density at radius 1 is 1.26 bits per heavy atom. The number of para-hydroxylation sites is 1. The SMILES string of the molecule is CC1(CC(=O)N/N=C\c2ccccc2OCc2cccc(Cl)c2)SCCS1. The van der Waals surface area contributed by atoms with Crippen LogP contribution >= 0.6 is 35.1 Å². The molecule has 1 aliphatic rings. The summed E-state index contributed by atoms with van der Waals surface area (Å²) in [6.45, 7) is 2.52. The molecular weight excluding hydrogens is 400 g/mol. The Labute approximate surface area is 173 Å². The normalized spacial score (nSPS) is 15.8. The minimum absolute atomic E-state index is 0.0441. The fourth-order valence-electron chi connectivity index (χ4n) is 2.67. The van der Waals surface area contributed by atoms with Crippen LogP contribution in [0.2, 0.25) is 5.02 Å². The van der Waals surface area contributed by atoms with E-state index in [1.807, 2.05) is 72.1 Å². The molecule has 1 heterocycles. The Kier molecular flexibility index (Phi) is 7.10. The highest BCUT2D eigenvalue weighted by Gasteiger charge is 2.32. The van der Waals surface area contributed by atoms with Gasteiger partial charge in [-0.05, 0) is 36.8 Å². The van der Waals surface area contributed by atoms with E-state index in [-0.39, 0.29) is 9.99 Å². The van der Waals surface area contributed by atoms with Crippen molar-refractivity contribution < 1.29 is 9.53 Å². The number of thioether (sulfide) groups is 2. The van der Waals surface area contributed by atoms with Crippen LogP contribution in [0, 0.1) is 0 Å². The van der Waals surface area contributed by atoms with Gasteiger partial charge in [0, 0.05) is 22.1 Å². The van der Waals surface area contributed by atoms with Crippen molar-refractivity contribution in [2.75, 3.05) is 11.5 Å². The maximum Gasteiger partial charge on any atom is 0.242 e. The molecule has 0 aromatic heterocycles. The summed E-state index contributed by atoms with van der Waals surface area (Å²) in [5, 5.41) is 4.78. The summed E-state index contributed by atoms with van der Waals surface area (Å²) in [5.74, 6) is 2.81. The van der Waals surface area contributed by atoms with Crippen LogP contribution in [0.15, 0.2) is 53.6 Å². The number of rotatable bonds is 7. The predicted molar refractivity (Wildman–Crippen MR) is 116 cm³/mol. The third kappa shape index (κ3) is 6.19. The number of benzene rings is 2. The molecule has 2 aromatic rings. The van der Waals surface area contributed by atoms with Crippen LogP contribution in [0.25, 0.3) is 0 Å². The first kappa shape index (κ1) is 20.1. The number of hydrogen-bond acceptors (Lipinski definition) is 5. The highest BCUT2D eigenvalue weighted by Crippen LogP contribution is 2.45. The van der Waals surface area contributed by atoms with Crippen LogP contribution in [-0.4, -0.2) is 27.7 Å². The molecule has 0 spiro atoms. The molecule has 0 saturated carbocycles. The molecule has 0 aliphatic carbocycles. The minimum Gasteiger partial charge on any atom is -0.488 e. The average molecular weight is 421 g/mol. The molecule has 0 radical (unpaired) electrons. The Bertz CT molecular complexity index is 823. The third-order valence-electron chi connectivity index (χ3n) is 3.98. The van der Waals surface area contributed by atoms with Crippen molar-refractivity contribution in [1.82, 2.24) is 5.43 Å². The van der Waals surface area contributed by atoms with Gasteiger partial charge in [-0.25, -0.2) is 5.43 Å². The van der Waals surface area contributed by atoms with Crippen LogP contribution in [0.3, 0.4) is 0 Å². The van der Waals surface area contributed by atoms with E-state index in [0.29, 0.717) is 23.8 Å². The highest BCUT2D eigenvalue weighted by atomic mass is 35.5. The minimum atomic E-state index is -0.0759. The Morgan fingerprint density at radius 2 is 2.04 bits per heavy atom. The van der Waals surface area contributed by atoms with Crippen LogP contribution < -0.4 is 10.2 Å². The van der Waals surface area contributed by atoms with Crippen molar-refractivity contribution in [2.45, 2.75) is 24.0 Å². The van der Waals surface area contributed by atoms with Gasteiger partial charge in [-0.15, -0.1) is 23.5 Å². The Hall–Kier alpha value is -1.63. The zero-order valence-corrected chi connectivity index (χ0v) is 17.4. The van der Waals surface area contributed by atoms with Gasteiger partial charge < -0.3 is 4.74 Å². The summed E-state index contributed by atoms with van der Waals surface area (Å²) < 4.78 is 5.85. The summed E-state index contributed by atoms with van der Waals surface area (Å²) in [6, 6.07) is 15.1. The summed E-state index contributed by atoms with van der Waals surface area (Å²) in [7, 11) is 0. The van der Waals surface area contributed by atoms with E-state index in [2.05, 4.69) is 17.5 Å². The van der Waals surface area contributed by atoms with Gasteiger partial charge in [-0.1, -0.05) is 35.9 Å². The topological polar surface area (TPSA) is 50.7 Å². The van der Waals surface area contributed by atoms with Crippen LogP contribution in [-0.2, 0) is 11.4 Å². The number of carbonyl (C=O) groups is 1. The molecule has 142 valence electrons. The second-order valence-corrected chi connectivity index (χ2v) is 10.1. The molecule has 1 aliphatic heterocycles. The van der Waals surface area contributed by atoms with E-state index in [9.17, 15) is 4.79 Å². The molecule has 0 unspecified atom stereocenters. The van der Waals surface area contributed by atoms with Gasteiger partial charge in [-0.3, -0.25) is 4.79 Å². The lowest BCUT2D eigenvalue weighted by Gasteiger charge is -2.19. The number of hydrogen-bond donors (Lipinski definition) is 1. The zero-order chi connectivity index (χ0) is 19.1. The van der Waals surface area contributed by atoms with Crippen LogP contribution in [0.4, 0.5) is 0 Å². The summed E-state index contributed by atoms with van der Waals surface area (Å²) >= 11 is 9.67. The number of carbonyl (C=O) groups excluding carboxylic acids is 1. The second-order valence-electron chi connectivity index (χ2n) is 6.26. The zero-order valence-electron chi connectivity index (χ0n) is 15.0. The fourth-order valence-corrected chi connectivity index (χ4v) is 5.71. The number of nitrogens with zero attached hydrogens (tertiary/aromatic N) is 1. The lowest BCUT2D eigenvalue weighted by Crippen LogP contribution is -2.26. The average Bonchev–Trinajstić information content (AvgIpc) is 3.07. The first-order chi connectivity index (χ1) is 13.0. The van der Waals surface area contributed by atoms with Gasteiger partial charge in [0.1, 0.15) is 12.4 Å². The molecule has 0 atom stereocenters. The van der Waals surface area contributed by atoms with Gasteiger partial charge in [0.25, 0.3) is 0 Å². The number of hydrazone groups is 1. The maximum absolute atomic E-state index is 12.1. The molecule has 1 saturated heterocycles. The van der Waals surface area contributed by atoms with E-state index in [1.54, 1.807) is 6.21 Å². The first-order valence-corrected chi connectivity index (χ1v) is 11.0. The second kappa shape index (κ2) is 9.53. The molecule has 2 aromatic carbocycles. The number of ether oxygens (including phenoxy) is 1. The van der Waals surface area contributed by atoms with Crippen LogP contribution in [0.5, 0.6) is 5.75 Å². The molecule has 1 fully saturated rings. The molecule has 3 rings (SSSR count). The van der Waals surface area contributed by atoms with E-state index in [0.717, 1.165) is 22.6 Å². The number of halogens is 1. The Balaban J connectivity index is 1.56. The van der Waals surface area contributed by atoms with Crippen LogP contribution in [0.1, 0.15) is 24.5 Å². The van der Waals surface area contributed by atoms with Gasteiger partial charge in [-0.2, -0.15) is 5.10 Å². The van der Waals surface area contributed by atoms with E-state index < -0.39 is 0 Å². The monoisotopic (exact) mass is 420 g/mol. The van der Waals surface area contributed by atoms with E-state index >= 15 is 0 Å². The standard InChI is InChI=1S/C20H21ClN2O2S2/c1-20(26-9-10-27-20)12-19(24)23-22-13-16-6-2-3-8-18(16)25-14-15-5-4-7-17(21)11-15/h2-8,11,13H,9-10,12,14H2,1H3,(H,23,24)/b22-13-. The van der Waals surface area contributed by atoms with Crippen molar-refractivity contribution in [3.05, 3.63) is 64.7 Å². The molecule has 7 heteroatoms. The Morgan fingerprint density at radius 3 is 2.81 bits per heavy atom. The number of nitrogens with one attached hydrogen (secondary N) is 1. The molecule has 27 heavy (non-hydrogen) atoms. The quantitative estimate of drug-likeness (QED) is 0.508. The predicted octanol–water partition coefficient (Wildman–Crippen LogP) is 4.96. The van der Waals surface area contributed by atoms with Crippen molar-refractivity contribution in [2.24, 2.45) is 5.10 Å². The first-order valence-electron chi connectivity index (χ1n) is 8.60. The third-order valence-corrected chi connectivity index (χ3v) is 7.50. The highest BCUT2D eigenvalue weighted by molar-refractivity contribution is 8.21. The molecule has 1 amide bonds. The number of amides is 1. The van der Waals surface area contributed by atoms with Gasteiger partial charge in [0.2, 0.25) is 5.91 Å². The van der Waals surface area contributed by atoms with Crippen molar-refractivity contribution >= 4 is 47.2 Å². The van der Waals surface area contributed by atoms with Crippen molar-refractivity contribution in [3.8, 4) is 5.75 Å². The smallest absolute Gasteiger partial charge is 0.242 e. The summed E-state index contributed by atoms with van der Waals surface area (Å²) in [5.41, 5.74) is 4.41. The van der Waals surface area contributed by atoms with E-state index in [1.165, 1.54) is 0 Å². The van der Waals surface area contributed by atoms with Crippen molar-refractivity contribution in [3.63, 3.8) is 0 Å². The maximum atomic E-state index is 12.1. The van der Waals surface area contributed by atoms with E-state index in [4.69, 9.17) is 16.3 Å². The molecule has 1 N–H and O–H groups in total. The molecule has 4 nitrogen and oxygen atoms in total. The summed E-state index contributed by atoms with van der Waals surface area (Å²) in [6.07, 6.45) is 2.06. The van der Waals surface area contributed by atoms with Gasteiger partial charge in [0.15, 0.2) is 0 Å². The van der Waals surface area contributed by atoms with Crippen molar-refractivity contribution in [1.29, 1.82) is 0 Å². The lowest BCUT2D eigenvalue weighted by molar-refractivity contribution is -0.121. The fraction of sp³-hybridized carbons (Fsp3) is 0.300.